The van der Waals surface area contributed by atoms with Crippen molar-refractivity contribution in [1.29, 1.82) is 0 Å². The van der Waals surface area contributed by atoms with Gasteiger partial charge >= 0.3 is 5.97 Å². The molecule has 0 aromatic heterocycles. The van der Waals surface area contributed by atoms with Gasteiger partial charge < -0.3 is 10.1 Å². The maximum atomic E-state index is 12.3. The first-order chi connectivity index (χ1) is 11.0. The van der Waals surface area contributed by atoms with E-state index in [0.717, 1.165) is 0 Å². The average molecular weight is 371 g/mol. The van der Waals surface area contributed by atoms with Gasteiger partial charge in [0.25, 0.3) is 5.91 Å². The summed E-state index contributed by atoms with van der Waals surface area (Å²) in [5, 5.41) is 3.28. The number of esters is 1. The van der Waals surface area contributed by atoms with Crippen molar-refractivity contribution in [3.8, 4) is 0 Å². The number of ether oxygens (including phenoxy) is 1. The van der Waals surface area contributed by atoms with Crippen LogP contribution in [-0.2, 0) is 14.3 Å². The Morgan fingerprint density at radius 3 is 2.52 bits per heavy atom. The van der Waals surface area contributed by atoms with Crippen molar-refractivity contribution in [2.24, 2.45) is 5.92 Å². The van der Waals surface area contributed by atoms with Crippen LogP contribution in [0.25, 0.3) is 0 Å². The maximum absolute atomic E-state index is 12.3. The molecule has 0 bridgehead atoms. The van der Waals surface area contributed by atoms with E-state index in [1.54, 1.807) is 18.2 Å². The zero-order chi connectivity index (χ0) is 16.6. The number of anilines is 1. The number of fused-ring (bicyclic) bond motifs is 1. The summed E-state index contributed by atoms with van der Waals surface area (Å²) >= 11 is 17.8. The molecule has 2 atom stereocenters. The number of hydrogen-bond acceptors (Lipinski definition) is 3. The molecule has 0 radical (unpaired) electrons. The average Bonchev–Trinajstić information content (AvgIpc) is 2.51. The Kier molecular flexibility index (Phi) is 4.48. The SMILES string of the molecule is O=C(Nc1cc(Cl)c(Cl)cc1Cl)C1=CC2C=CC=CC2OC1=O. The molecule has 3 rings (SSSR count). The molecular formula is C16H10Cl3NO3. The van der Waals surface area contributed by atoms with Crippen LogP contribution in [0.5, 0.6) is 0 Å². The molecule has 0 spiro atoms. The van der Waals surface area contributed by atoms with Gasteiger partial charge in [0.05, 0.1) is 20.8 Å². The van der Waals surface area contributed by atoms with Gasteiger partial charge in [0.2, 0.25) is 0 Å². The fraction of sp³-hybridized carbons (Fsp3) is 0.125. The third-order valence-electron chi connectivity index (χ3n) is 3.45. The summed E-state index contributed by atoms with van der Waals surface area (Å²) in [6, 6.07) is 2.84. The summed E-state index contributed by atoms with van der Waals surface area (Å²) < 4.78 is 5.25. The first kappa shape index (κ1) is 16.1. The number of benzene rings is 1. The van der Waals surface area contributed by atoms with Crippen molar-refractivity contribution >= 4 is 52.4 Å². The van der Waals surface area contributed by atoms with Gasteiger partial charge in [-0.15, -0.1) is 0 Å². The number of allylic oxidation sites excluding steroid dienone is 2. The topological polar surface area (TPSA) is 55.4 Å². The molecule has 1 aromatic carbocycles. The monoisotopic (exact) mass is 369 g/mol. The molecule has 1 aliphatic carbocycles. The van der Waals surface area contributed by atoms with Crippen molar-refractivity contribution in [3.63, 3.8) is 0 Å². The summed E-state index contributed by atoms with van der Waals surface area (Å²) in [4.78, 5) is 24.3. The molecule has 1 amide bonds. The molecule has 2 aliphatic rings. The Bertz CT molecular complexity index is 783. The molecule has 1 aliphatic heterocycles. The van der Waals surface area contributed by atoms with Gasteiger partial charge in [-0.25, -0.2) is 4.79 Å². The minimum absolute atomic E-state index is 0.0756. The van der Waals surface area contributed by atoms with E-state index in [1.807, 2.05) is 12.2 Å². The second kappa shape index (κ2) is 6.40. The van der Waals surface area contributed by atoms with Gasteiger partial charge in [-0.3, -0.25) is 4.79 Å². The largest absolute Gasteiger partial charge is 0.453 e. The van der Waals surface area contributed by atoms with Crippen LogP contribution in [0.4, 0.5) is 5.69 Å². The highest BCUT2D eigenvalue weighted by Crippen LogP contribution is 2.33. The van der Waals surface area contributed by atoms with Gasteiger partial charge in [-0.1, -0.05) is 59.1 Å². The number of nitrogens with one attached hydrogen (secondary N) is 1. The van der Waals surface area contributed by atoms with Crippen LogP contribution in [0.1, 0.15) is 0 Å². The van der Waals surface area contributed by atoms with Gasteiger partial charge in [-0.2, -0.15) is 0 Å². The molecule has 7 heteroatoms. The zero-order valence-corrected chi connectivity index (χ0v) is 13.8. The van der Waals surface area contributed by atoms with Crippen LogP contribution in [0.15, 0.2) is 48.1 Å². The van der Waals surface area contributed by atoms with E-state index in [0.29, 0.717) is 0 Å². The lowest BCUT2D eigenvalue weighted by Gasteiger charge is -2.27. The standard InChI is InChI=1S/C16H10Cl3NO3/c17-10-6-12(19)13(7-11(10)18)20-15(21)9-5-8-3-1-2-4-14(8)23-16(9)22/h1-8,14H,(H,20,21). The number of carbonyl (C=O) groups is 2. The lowest BCUT2D eigenvalue weighted by atomic mass is 9.92. The van der Waals surface area contributed by atoms with Crippen molar-refractivity contribution in [2.75, 3.05) is 5.32 Å². The number of rotatable bonds is 2. The highest BCUT2D eigenvalue weighted by molar-refractivity contribution is 6.44. The van der Waals surface area contributed by atoms with Gasteiger partial charge in [0, 0.05) is 5.92 Å². The van der Waals surface area contributed by atoms with Crippen LogP contribution in [-0.4, -0.2) is 18.0 Å². The Balaban J connectivity index is 1.85. The van der Waals surface area contributed by atoms with Crippen LogP contribution < -0.4 is 5.32 Å². The third kappa shape index (κ3) is 3.29. The minimum atomic E-state index is -0.681. The van der Waals surface area contributed by atoms with E-state index in [1.165, 1.54) is 12.1 Å². The molecule has 23 heavy (non-hydrogen) atoms. The van der Waals surface area contributed by atoms with E-state index in [-0.39, 0.29) is 38.4 Å². The molecule has 118 valence electrons. The highest BCUT2D eigenvalue weighted by Gasteiger charge is 2.32. The fourth-order valence-corrected chi connectivity index (χ4v) is 2.89. The van der Waals surface area contributed by atoms with Gasteiger partial charge in [0.1, 0.15) is 11.7 Å². The first-order valence-electron chi connectivity index (χ1n) is 6.69. The maximum Gasteiger partial charge on any atom is 0.344 e. The van der Waals surface area contributed by atoms with E-state index in [9.17, 15) is 9.59 Å². The normalized spacial score (nSPS) is 22.2. The predicted octanol–water partition coefficient (Wildman–Crippen LogP) is 4.18. The van der Waals surface area contributed by atoms with Gasteiger partial charge in [0.15, 0.2) is 0 Å². The zero-order valence-electron chi connectivity index (χ0n) is 11.6. The van der Waals surface area contributed by atoms with E-state index in [2.05, 4.69) is 5.32 Å². The molecule has 1 aromatic rings. The van der Waals surface area contributed by atoms with Crippen molar-refractivity contribution in [3.05, 3.63) is 63.2 Å². The molecule has 0 saturated heterocycles. The second-order valence-corrected chi connectivity index (χ2v) is 6.22. The Morgan fingerprint density at radius 1 is 1.04 bits per heavy atom. The van der Waals surface area contributed by atoms with Crippen molar-refractivity contribution in [1.82, 2.24) is 0 Å². The lowest BCUT2D eigenvalue weighted by molar-refractivity contribution is -0.145. The summed E-state index contributed by atoms with van der Waals surface area (Å²) in [6.07, 6.45) is 8.46. The summed E-state index contributed by atoms with van der Waals surface area (Å²) in [5.74, 6) is -1.46. The Morgan fingerprint density at radius 2 is 1.74 bits per heavy atom. The Labute approximate surface area is 147 Å². The van der Waals surface area contributed by atoms with E-state index in [4.69, 9.17) is 39.5 Å². The smallest absolute Gasteiger partial charge is 0.344 e. The highest BCUT2D eigenvalue weighted by atomic mass is 35.5. The van der Waals surface area contributed by atoms with Crippen molar-refractivity contribution in [2.45, 2.75) is 6.10 Å². The van der Waals surface area contributed by atoms with Crippen LogP contribution in [0.3, 0.4) is 0 Å². The molecule has 4 nitrogen and oxygen atoms in total. The number of amides is 1. The summed E-state index contributed by atoms with van der Waals surface area (Å²) in [6.45, 7) is 0. The molecule has 2 unspecified atom stereocenters. The molecule has 0 saturated carbocycles. The van der Waals surface area contributed by atoms with Crippen LogP contribution in [0, 0.1) is 5.92 Å². The molecule has 1 heterocycles. The third-order valence-corrected chi connectivity index (χ3v) is 4.48. The quantitative estimate of drug-likeness (QED) is 0.483. The number of carbonyl (C=O) groups excluding carboxylic acids is 2. The molecular weight excluding hydrogens is 361 g/mol. The minimum Gasteiger partial charge on any atom is -0.453 e. The number of hydrogen-bond donors (Lipinski definition) is 1. The van der Waals surface area contributed by atoms with Gasteiger partial charge in [-0.05, 0) is 18.2 Å². The van der Waals surface area contributed by atoms with E-state index < -0.39 is 11.9 Å². The van der Waals surface area contributed by atoms with E-state index >= 15 is 0 Å². The Hall–Kier alpha value is -1.75. The first-order valence-corrected chi connectivity index (χ1v) is 7.83. The lowest BCUT2D eigenvalue weighted by Crippen LogP contribution is -2.34. The van der Waals surface area contributed by atoms with Crippen LogP contribution in [0.2, 0.25) is 15.1 Å². The molecule has 1 N–H and O–H groups in total. The van der Waals surface area contributed by atoms with Crippen LogP contribution >= 0.6 is 34.8 Å². The molecule has 0 fully saturated rings. The number of halogens is 3. The summed E-state index contributed by atoms with van der Waals surface area (Å²) in [7, 11) is 0. The second-order valence-electron chi connectivity index (χ2n) is 5.00. The predicted molar refractivity (Wildman–Crippen MR) is 89.8 cm³/mol. The fourth-order valence-electron chi connectivity index (χ4n) is 2.30. The summed E-state index contributed by atoms with van der Waals surface area (Å²) in [5.41, 5.74) is 0.189. The van der Waals surface area contributed by atoms with Crippen molar-refractivity contribution < 1.29 is 14.3 Å².